The molecule has 0 aliphatic carbocycles. The Morgan fingerprint density at radius 2 is 2.14 bits per heavy atom. The maximum absolute atomic E-state index is 11.4. The summed E-state index contributed by atoms with van der Waals surface area (Å²) < 4.78 is 0. The molecule has 1 aliphatic heterocycles. The highest BCUT2D eigenvalue weighted by Crippen LogP contribution is 2.38. The highest BCUT2D eigenvalue weighted by molar-refractivity contribution is 5.96. The number of nitro groups is 1. The zero-order chi connectivity index (χ0) is 15.0. The molecule has 1 aromatic carbocycles. The maximum Gasteiger partial charge on any atom is 0.311 e. The van der Waals surface area contributed by atoms with Crippen LogP contribution in [0.3, 0.4) is 0 Å². The molecule has 0 atom stereocenters. The van der Waals surface area contributed by atoms with Crippen LogP contribution in [-0.4, -0.2) is 35.1 Å². The van der Waals surface area contributed by atoms with Crippen molar-refractivity contribution in [1.82, 2.24) is 10.3 Å². The summed E-state index contributed by atoms with van der Waals surface area (Å²) in [5.74, 6) is 0. The first-order chi connectivity index (χ1) is 10.0. The number of para-hydroxylation sites is 1. The first kappa shape index (κ1) is 13.8. The van der Waals surface area contributed by atoms with E-state index >= 15 is 0 Å². The molecule has 21 heavy (non-hydrogen) atoms. The summed E-state index contributed by atoms with van der Waals surface area (Å²) >= 11 is 0. The second-order valence-electron chi connectivity index (χ2n) is 5.91. The van der Waals surface area contributed by atoms with E-state index in [0.717, 1.165) is 30.5 Å². The number of anilines is 1. The van der Waals surface area contributed by atoms with Crippen molar-refractivity contribution in [3.8, 4) is 0 Å². The van der Waals surface area contributed by atoms with E-state index in [-0.39, 0.29) is 16.1 Å². The van der Waals surface area contributed by atoms with E-state index in [1.54, 1.807) is 0 Å². The number of nitrogens with one attached hydrogen (secondary N) is 1. The van der Waals surface area contributed by atoms with Gasteiger partial charge in [-0.1, -0.05) is 18.2 Å². The van der Waals surface area contributed by atoms with Gasteiger partial charge in [-0.15, -0.1) is 0 Å². The highest BCUT2D eigenvalue weighted by atomic mass is 16.6. The molecule has 0 amide bonds. The van der Waals surface area contributed by atoms with Crippen LogP contribution in [0.2, 0.25) is 0 Å². The molecule has 2 aromatic rings. The predicted octanol–water partition coefficient (Wildman–Crippen LogP) is 2.33. The van der Waals surface area contributed by atoms with Crippen LogP contribution < -0.4 is 10.2 Å². The van der Waals surface area contributed by atoms with Gasteiger partial charge in [0.15, 0.2) is 0 Å². The van der Waals surface area contributed by atoms with Gasteiger partial charge >= 0.3 is 5.69 Å². The van der Waals surface area contributed by atoms with E-state index in [2.05, 4.69) is 29.0 Å². The van der Waals surface area contributed by atoms with E-state index in [1.165, 1.54) is 6.20 Å². The molecule has 1 saturated heterocycles. The van der Waals surface area contributed by atoms with Gasteiger partial charge < -0.3 is 10.2 Å². The van der Waals surface area contributed by atoms with Gasteiger partial charge in [-0.05, 0) is 19.9 Å². The van der Waals surface area contributed by atoms with Gasteiger partial charge in [0.25, 0.3) is 0 Å². The lowest BCUT2D eigenvalue weighted by atomic mass is 9.97. The zero-order valence-corrected chi connectivity index (χ0v) is 12.2. The fourth-order valence-corrected chi connectivity index (χ4v) is 2.93. The van der Waals surface area contributed by atoms with E-state index in [9.17, 15) is 10.1 Å². The van der Waals surface area contributed by atoms with Gasteiger partial charge in [0.05, 0.1) is 10.4 Å². The monoisotopic (exact) mass is 286 g/mol. The molecule has 6 nitrogen and oxygen atoms in total. The average molecular weight is 286 g/mol. The van der Waals surface area contributed by atoms with Crippen molar-refractivity contribution in [2.75, 3.05) is 24.5 Å². The molecule has 1 aliphatic rings. The Hall–Kier alpha value is -2.21. The van der Waals surface area contributed by atoms with Crippen LogP contribution in [0.15, 0.2) is 30.5 Å². The van der Waals surface area contributed by atoms with Crippen molar-refractivity contribution < 1.29 is 4.92 Å². The highest BCUT2D eigenvalue weighted by Gasteiger charge is 2.35. The molecule has 110 valence electrons. The van der Waals surface area contributed by atoms with E-state index in [0.29, 0.717) is 5.69 Å². The Morgan fingerprint density at radius 1 is 1.38 bits per heavy atom. The number of nitrogens with zero attached hydrogens (tertiary/aromatic N) is 3. The number of pyridine rings is 1. The molecule has 0 bridgehead atoms. The molecule has 0 spiro atoms. The molecule has 0 unspecified atom stereocenters. The Bertz CT molecular complexity index is 699. The second kappa shape index (κ2) is 4.96. The lowest BCUT2D eigenvalue weighted by Crippen LogP contribution is -2.58. The molecule has 6 heteroatoms. The molecule has 0 radical (unpaired) electrons. The van der Waals surface area contributed by atoms with Gasteiger partial charge in [-0.3, -0.25) is 10.1 Å². The fourth-order valence-electron chi connectivity index (χ4n) is 2.93. The third-order valence-corrected chi connectivity index (χ3v) is 3.99. The van der Waals surface area contributed by atoms with Gasteiger partial charge in [0.2, 0.25) is 0 Å². The van der Waals surface area contributed by atoms with Crippen LogP contribution >= 0.6 is 0 Å². The lowest BCUT2D eigenvalue weighted by molar-refractivity contribution is -0.384. The van der Waals surface area contributed by atoms with Crippen LogP contribution in [0.5, 0.6) is 0 Å². The van der Waals surface area contributed by atoms with Crippen molar-refractivity contribution in [3.05, 3.63) is 40.6 Å². The first-order valence-electron chi connectivity index (χ1n) is 7.01. The van der Waals surface area contributed by atoms with Crippen molar-refractivity contribution in [2.45, 2.75) is 19.4 Å². The number of hydrogen-bond acceptors (Lipinski definition) is 5. The van der Waals surface area contributed by atoms with Gasteiger partial charge in [0.1, 0.15) is 11.9 Å². The van der Waals surface area contributed by atoms with Crippen molar-refractivity contribution >= 4 is 22.3 Å². The molecule has 3 rings (SSSR count). The van der Waals surface area contributed by atoms with Crippen molar-refractivity contribution in [2.24, 2.45) is 0 Å². The van der Waals surface area contributed by atoms with Gasteiger partial charge in [-0.2, -0.15) is 0 Å². The third-order valence-electron chi connectivity index (χ3n) is 3.99. The van der Waals surface area contributed by atoms with Crippen LogP contribution in [-0.2, 0) is 0 Å². The van der Waals surface area contributed by atoms with Crippen LogP contribution in [0.1, 0.15) is 13.8 Å². The van der Waals surface area contributed by atoms with E-state index < -0.39 is 0 Å². The Morgan fingerprint density at radius 3 is 2.86 bits per heavy atom. The minimum atomic E-state index is -0.340. The minimum Gasteiger partial charge on any atom is -0.358 e. The summed E-state index contributed by atoms with van der Waals surface area (Å²) in [6.07, 6.45) is 1.37. The molecule has 1 N–H and O–H groups in total. The maximum atomic E-state index is 11.4. The van der Waals surface area contributed by atoms with Gasteiger partial charge in [-0.25, -0.2) is 4.98 Å². The molecule has 0 saturated carbocycles. The van der Waals surface area contributed by atoms with Crippen molar-refractivity contribution in [3.63, 3.8) is 0 Å². The summed E-state index contributed by atoms with van der Waals surface area (Å²) in [6.45, 7) is 6.54. The summed E-state index contributed by atoms with van der Waals surface area (Å²) in [5, 5.41) is 15.6. The largest absolute Gasteiger partial charge is 0.358 e. The normalized spacial score (nSPS) is 17.9. The average Bonchev–Trinajstić information content (AvgIpc) is 2.46. The first-order valence-corrected chi connectivity index (χ1v) is 7.01. The Kier molecular flexibility index (Phi) is 3.25. The summed E-state index contributed by atoms with van der Waals surface area (Å²) in [5.41, 5.74) is 1.35. The fraction of sp³-hybridized carbons (Fsp3) is 0.400. The minimum absolute atomic E-state index is 0.0728. The summed E-state index contributed by atoms with van der Waals surface area (Å²) in [7, 11) is 0. The molecular formula is C15H18N4O2. The lowest BCUT2D eigenvalue weighted by Gasteiger charge is -2.44. The molecule has 1 fully saturated rings. The standard InChI is InChI=1S/C15H18N4O2/c1-15(2)10-16-7-8-18(15)14-11-5-3-4-6-12(11)17-9-13(14)19(20)21/h3-6,9,16H,7-8,10H2,1-2H3. The summed E-state index contributed by atoms with van der Waals surface area (Å²) in [4.78, 5) is 17.5. The number of piperazine rings is 1. The van der Waals surface area contributed by atoms with Crippen LogP contribution in [0.4, 0.5) is 11.4 Å². The van der Waals surface area contributed by atoms with Crippen LogP contribution in [0, 0.1) is 10.1 Å². The molecule has 2 heterocycles. The van der Waals surface area contributed by atoms with Crippen LogP contribution in [0.25, 0.3) is 10.9 Å². The molecule has 1 aromatic heterocycles. The summed E-state index contributed by atoms with van der Waals surface area (Å²) in [6, 6.07) is 7.58. The smallest absolute Gasteiger partial charge is 0.311 e. The molecular weight excluding hydrogens is 268 g/mol. The van der Waals surface area contributed by atoms with Gasteiger partial charge in [0, 0.05) is 30.6 Å². The number of benzene rings is 1. The Labute approximate surface area is 122 Å². The second-order valence-corrected chi connectivity index (χ2v) is 5.91. The number of rotatable bonds is 2. The Balaban J connectivity index is 2.27. The van der Waals surface area contributed by atoms with Crippen molar-refractivity contribution in [1.29, 1.82) is 0 Å². The third kappa shape index (κ3) is 2.31. The number of aromatic nitrogens is 1. The number of hydrogen-bond donors (Lipinski definition) is 1. The predicted molar refractivity (Wildman–Crippen MR) is 82.7 cm³/mol. The number of fused-ring (bicyclic) bond motifs is 1. The zero-order valence-electron chi connectivity index (χ0n) is 12.2. The quantitative estimate of drug-likeness (QED) is 0.677. The van der Waals surface area contributed by atoms with E-state index in [4.69, 9.17) is 0 Å². The SMILES string of the molecule is CC1(C)CNCCN1c1c([N+](=O)[O-])cnc2ccccc12. The van der Waals surface area contributed by atoms with E-state index in [1.807, 2.05) is 24.3 Å². The topological polar surface area (TPSA) is 71.3 Å².